The standard InChI is InChI=1S/C21H27N3O3S/c1-22-21(23-13-14-28(25,26)19-8-3-2-4-9-19)24-15-18-7-5-6-10-20(18)27-16-17-11-12-17/h2-10,17H,11-16H2,1H3,(H2,22,23,24). The van der Waals surface area contributed by atoms with E-state index >= 15 is 0 Å². The van der Waals surface area contributed by atoms with E-state index in [0.717, 1.165) is 17.9 Å². The molecule has 0 amide bonds. The fourth-order valence-corrected chi connectivity index (χ4v) is 3.91. The van der Waals surface area contributed by atoms with Crippen LogP contribution < -0.4 is 15.4 Å². The van der Waals surface area contributed by atoms with Crippen molar-refractivity contribution >= 4 is 15.8 Å². The number of hydrogen-bond donors (Lipinski definition) is 2. The Morgan fingerprint density at radius 2 is 1.79 bits per heavy atom. The average molecular weight is 402 g/mol. The first-order valence-electron chi connectivity index (χ1n) is 9.51. The minimum absolute atomic E-state index is 0.00119. The molecule has 0 aliphatic heterocycles. The van der Waals surface area contributed by atoms with Crippen molar-refractivity contribution in [1.29, 1.82) is 0 Å². The first kappa shape index (κ1) is 20.2. The van der Waals surface area contributed by atoms with Gasteiger partial charge in [0.05, 0.1) is 17.3 Å². The van der Waals surface area contributed by atoms with Gasteiger partial charge in [0.2, 0.25) is 0 Å². The molecule has 2 N–H and O–H groups in total. The van der Waals surface area contributed by atoms with Crippen LogP contribution >= 0.6 is 0 Å². The van der Waals surface area contributed by atoms with Gasteiger partial charge in [-0.1, -0.05) is 36.4 Å². The number of ether oxygens (including phenoxy) is 1. The molecule has 7 heteroatoms. The van der Waals surface area contributed by atoms with Crippen LogP contribution in [0.25, 0.3) is 0 Å². The number of sulfone groups is 1. The van der Waals surface area contributed by atoms with Crippen LogP contribution in [0, 0.1) is 5.92 Å². The van der Waals surface area contributed by atoms with Crippen LogP contribution in [0.2, 0.25) is 0 Å². The molecule has 28 heavy (non-hydrogen) atoms. The maximum atomic E-state index is 12.3. The summed E-state index contributed by atoms with van der Waals surface area (Å²) in [4.78, 5) is 4.50. The Bertz CT molecular complexity index is 894. The summed E-state index contributed by atoms with van der Waals surface area (Å²) in [6, 6.07) is 16.4. The molecule has 0 bridgehead atoms. The van der Waals surface area contributed by atoms with Crippen LogP contribution in [-0.2, 0) is 16.4 Å². The Labute approximate surface area is 167 Å². The molecular formula is C21H27N3O3S. The summed E-state index contributed by atoms with van der Waals surface area (Å²) in [5.41, 5.74) is 1.04. The Hall–Kier alpha value is -2.54. The lowest BCUT2D eigenvalue weighted by Gasteiger charge is -2.15. The Kier molecular flexibility index (Phi) is 6.92. The van der Waals surface area contributed by atoms with Crippen molar-refractivity contribution in [2.24, 2.45) is 10.9 Å². The van der Waals surface area contributed by atoms with Crippen molar-refractivity contribution in [3.63, 3.8) is 0 Å². The van der Waals surface area contributed by atoms with Gasteiger partial charge in [0.25, 0.3) is 0 Å². The van der Waals surface area contributed by atoms with E-state index < -0.39 is 9.84 Å². The van der Waals surface area contributed by atoms with E-state index in [1.165, 1.54) is 12.8 Å². The van der Waals surface area contributed by atoms with E-state index in [0.29, 0.717) is 23.3 Å². The van der Waals surface area contributed by atoms with Crippen molar-refractivity contribution in [1.82, 2.24) is 10.6 Å². The lowest BCUT2D eigenvalue weighted by atomic mass is 10.2. The number of aliphatic imine (C=N–C) groups is 1. The van der Waals surface area contributed by atoms with Crippen molar-refractivity contribution in [2.75, 3.05) is 26.0 Å². The lowest BCUT2D eigenvalue weighted by Crippen LogP contribution is -2.39. The van der Waals surface area contributed by atoms with Gasteiger partial charge in [-0.2, -0.15) is 0 Å². The molecular weight excluding hydrogens is 374 g/mol. The van der Waals surface area contributed by atoms with Gasteiger partial charge in [-0.15, -0.1) is 0 Å². The van der Waals surface area contributed by atoms with E-state index in [4.69, 9.17) is 4.74 Å². The van der Waals surface area contributed by atoms with Crippen LogP contribution in [0.1, 0.15) is 18.4 Å². The lowest BCUT2D eigenvalue weighted by molar-refractivity contribution is 0.296. The zero-order chi connectivity index (χ0) is 19.8. The van der Waals surface area contributed by atoms with E-state index in [1.807, 2.05) is 24.3 Å². The SMILES string of the molecule is CN=C(NCCS(=O)(=O)c1ccccc1)NCc1ccccc1OCC1CC1. The zero-order valence-corrected chi connectivity index (χ0v) is 16.9. The van der Waals surface area contributed by atoms with Gasteiger partial charge in [-0.25, -0.2) is 8.42 Å². The van der Waals surface area contributed by atoms with E-state index in [-0.39, 0.29) is 12.3 Å². The normalized spacial score (nSPS) is 14.5. The molecule has 1 saturated carbocycles. The predicted octanol–water partition coefficient (Wildman–Crippen LogP) is 2.61. The molecule has 6 nitrogen and oxygen atoms in total. The van der Waals surface area contributed by atoms with Crippen LogP contribution in [-0.4, -0.2) is 40.3 Å². The Morgan fingerprint density at radius 1 is 1.07 bits per heavy atom. The summed E-state index contributed by atoms with van der Waals surface area (Å²) in [5, 5.41) is 6.28. The maximum Gasteiger partial charge on any atom is 0.191 e. The van der Waals surface area contributed by atoms with Crippen LogP contribution in [0.3, 0.4) is 0 Å². The van der Waals surface area contributed by atoms with Crippen molar-refractivity contribution in [3.05, 3.63) is 60.2 Å². The number of para-hydroxylation sites is 1. The third-order valence-electron chi connectivity index (χ3n) is 4.58. The molecule has 1 fully saturated rings. The predicted molar refractivity (Wildman–Crippen MR) is 111 cm³/mol. The average Bonchev–Trinajstić information content (AvgIpc) is 3.55. The highest BCUT2D eigenvalue weighted by atomic mass is 32.2. The van der Waals surface area contributed by atoms with Gasteiger partial charge in [-0.05, 0) is 37.0 Å². The molecule has 0 heterocycles. The monoisotopic (exact) mass is 401 g/mol. The minimum atomic E-state index is -3.31. The quantitative estimate of drug-likeness (QED) is 0.499. The molecule has 150 valence electrons. The van der Waals surface area contributed by atoms with Crippen molar-refractivity contribution < 1.29 is 13.2 Å². The third-order valence-corrected chi connectivity index (χ3v) is 6.31. The van der Waals surface area contributed by atoms with Gasteiger partial charge < -0.3 is 15.4 Å². The van der Waals surface area contributed by atoms with Crippen molar-refractivity contribution in [3.8, 4) is 5.75 Å². The Morgan fingerprint density at radius 3 is 2.50 bits per heavy atom. The van der Waals surface area contributed by atoms with Gasteiger partial charge in [0.1, 0.15) is 5.75 Å². The molecule has 1 aliphatic carbocycles. The molecule has 0 spiro atoms. The zero-order valence-electron chi connectivity index (χ0n) is 16.1. The summed E-state index contributed by atoms with van der Waals surface area (Å²) in [6.45, 7) is 1.59. The van der Waals surface area contributed by atoms with Gasteiger partial charge in [0, 0.05) is 25.7 Å². The number of rotatable bonds is 9. The fourth-order valence-electron chi connectivity index (χ4n) is 2.73. The highest BCUT2D eigenvalue weighted by Crippen LogP contribution is 2.30. The molecule has 0 unspecified atom stereocenters. The molecule has 2 aromatic carbocycles. The minimum Gasteiger partial charge on any atom is -0.493 e. The second-order valence-corrected chi connectivity index (χ2v) is 8.96. The van der Waals surface area contributed by atoms with Crippen molar-refractivity contribution in [2.45, 2.75) is 24.3 Å². The molecule has 3 rings (SSSR count). The summed E-state index contributed by atoms with van der Waals surface area (Å²) < 4.78 is 30.6. The number of nitrogens with one attached hydrogen (secondary N) is 2. The topological polar surface area (TPSA) is 79.8 Å². The van der Waals surface area contributed by atoms with Gasteiger partial charge in [-0.3, -0.25) is 4.99 Å². The molecule has 1 aliphatic rings. The van der Waals surface area contributed by atoms with Crippen LogP contribution in [0.4, 0.5) is 0 Å². The first-order valence-corrected chi connectivity index (χ1v) is 11.2. The number of nitrogens with zero attached hydrogens (tertiary/aromatic N) is 1. The second-order valence-electron chi connectivity index (χ2n) is 6.85. The molecule has 2 aromatic rings. The number of guanidine groups is 1. The Balaban J connectivity index is 1.49. The number of benzene rings is 2. The highest BCUT2D eigenvalue weighted by molar-refractivity contribution is 7.91. The maximum absolute atomic E-state index is 12.3. The molecule has 0 atom stereocenters. The highest BCUT2D eigenvalue weighted by Gasteiger charge is 2.22. The largest absolute Gasteiger partial charge is 0.493 e. The van der Waals surface area contributed by atoms with E-state index in [9.17, 15) is 8.42 Å². The van der Waals surface area contributed by atoms with Crippen LogP contribution in [0.15, 0.2) is 64.5 Å². The summed E-state index contributed by atoms with van der Waals surface area (Å²) >= 11 is 0. The van der Waals surface area contributed by atoms with E-state index in [1.54, 1.807) is 37.4 Å². The molecule has 0 aromatic heterocycles. The van der Waals surface area contributed by atoms with Crippen LogP contribution in [0.5, 0.6) is 5.75 Å². The fraction of sp³-hybridized carbons (Fsp3) is 0.381. The molecule has 0 saturated heterocycles. The summed E-state index contributed by atoms with van der Waals surface area (Å²) in [7, 11) is -1.65. The number of hydrogen-bond acceptors (Lipinski definition) is 4. The van der Waals surface area contributed by atoms with Gasteiger partial charge >= 0.3 is 0 Å². The van der Waals surface area contributed by atoms with E-state index in [2.05, 4.69) is 15.6 Å². The molecule has 0 radical (unpaired) electrons. The summed E-state index contributed by atoms with van der Waals surface area (Å²) in [5.74, 6) is 2.13. The third kappa shape index (κ3) is 5.99. The van der Waals surface area contributed by atoms with Gasteiger partial charge in [0.15, 0.2) is 15.8 Å². The first-order chi connectivity index (χ1) is 13.6. The summed E-state index contributed by atoms with van der Waals surface area (Å²) in [6.07, 6.45) is 2.51. The second kappa shape index (κ2) is 9.59. The smallest absolute Gasteiger partial charge is 0.191 e.